The predicted molar refractivity (Wildman–Crippen MR) is 33.6 cm³/mol. The lowest BCUT2D eigenvalue weighted by molar-refractivity contribution is -0.187. The summed E-state index contributed by atoms with van der Waals surface area (Å²) in [5.74, 6) is 0. The van der Waals surface area contributed by atoms with Crippen LogP contribution in [0.2, 0.25) is 0 Å². The second-order valence-corrected chi connectivity index (χ2v) is 2.36. The number of alkyl halides is 3. The Kier molecular flexibility index (Phi) is 2.71. The lowest BCUT2D eigenvalue weighted by Crippen LogP contribution is -2.52. The van der Waals surface area contributed by atoms with Crippen LogP contribution in [-0.4, -0.2) is 11.7 Å². The lowest BCUT2D eigenvalue weighted by Gasteiger charge is -2.29. The molecule has 1 nitrogen and oxygen atoms in total. The van der Waals surface area contributed by atoms with E-state index in [1.807, 2.05) is 0 Å². The van der Waals surface area contributed by atoms with Gasteiger partial charge in [-0.3, -0.25) is 0 Å². The fourth-order valence-corrected chi connectivity index (χ4v) is 0.651. The van der Waals surface area contributed by atoms with Gasteiger partial charge in [0.1, 0.15) is 5.54 Å². The van der Waals surface area contributed by atoms with Crippen LogP contribution in [0.25, 0.3) is 0 Å². The molecule has 0 saturated heterocycles. The first-order chi connectivity index (χ1) is 4.37. The molecule has 0 aliphatic rings. The number of hydrogen-bond acceptors (Lipinski definition) is 1. The maximum Gasteiger partial charge on any atom is 0.406 e. The van der Waals surface area contributed by atoms with Crippen molar-refractivity contribution in [2.75, 3.05) is 0 Å². The summed E-state index contributed by atoms with van der Waals surface area (Å²) in [6.45, 7) is 2.88. The molecule has 0 saturated carbocycles. The van der Waals surface area contributed by atoms with Crippen LogP contribution in [0.5, 0.6) is 0 Å². The molecule has 0 aromatic carbocycles. The van der Waals surface area contributed by atoms with Crippen molar-refractivity contribution in [1.82, 2.24) is 0 Å². The fraction of sp³-hybridized carbons (Fsp3) is 1.00. The second-order valence-electron chi connectivity index (χ2n) is 2.36. The molecule has 0 atom stereocenters. The molecule has 0 aliphatic carbocycles. The summed E-state index contributed by atoms with van der Waals surface area (Å²) in [7, 11) is 0. The van der Waals surface area contributed by atoms with Gasteiger partial charge >= 0.3 is 6.18 Å². The molecule has 0 unspecified atom stereocenters. The molecule has 0 radical (unpaired) electrons. The van der Waals surface area contributed by atoms with Gasteiger partial charge in [0.05, 0.1) is 0 Å². The predicted octanol–water partition coefficient (Wildman–Crippen LogP) is 2.07. The maximum atomic E-state index is 12.0. The molecule has 0 amide bonds. The normalized spacial score (nSPS) is 13.8. The minimum Gasteiger partial charge on any atom is -0.318 e. The van der Waals surface area contributed by atoms with Gasteiger partial charge in [-0.2, -0.15) is 13.2 Å². The number of halogens is 3. The summed E-state index contributed by atoms with van der Waals surface area (Å²) in [5, 5.41) is 0. The molecule has 0 heterocycles. The highest BCUT2D eigenvalue weighted by Crippen LogP contribution is 2.32. The Bertz CT molecular complexity index is 104. The van der Waals surface area contributed by atoms with Crippen LogP contribution >= 0.6 is 0 Å². The molecule has 0 spiro atoms. The zero-order valence-corrected chi connectivity index (χ0v) is 6.13. The van der Waals surface area contributed by atoms with Gasteiger partial charge in [0.25, 0.3) is 0 Å². The van der Waals surface area contributed by atoms with E-state index < -0.39 is 11.7 Å². The van der Waals surface area contributed by atoms with Crippen LogP contribution in [-0.2, 0) is 0 Å². The first-order valence-electron chi connectivity index (χ1n) is 3.23. The van der Waals surface area contributed by atoms with E-state index in [1.165, 1.54) is 13.8 Å². The smallest absolute Gasteiger partial charge is 0.318 e. The molecule has 0 bridgehead atoms. The number of hydrogen-bond donors (Lipinski definition) is 1. The molecule has 4 heteroatoms. The molecular weight excluding hydrogens is 143 g/mol. The average molecular weight is 155 g/mol. The van der Waals surface area contributed by atoms with Gasteiger partial charge in [-0.25, -0.2) is 0 Å². The Morgan fingerprint density at radius 3 is 1.40 bits per heavy atom. The van der Waals surface area contributed by atoms with Gasteiger partial charge in [0.15, 0.2) is 0 Å². The zero-order chi connectivity index (χ0) is 8.41. The van der Waals surface area contributed by atoms with Crippen LogP contribution < -0.4 is 5.73 Å². The molecular formula is C6H12F3N. The van der Waals surface area contributed by atoms with E-state index in [2.05, 4.69) is 0 Å². The topological polar surface area (TPSA) is 26.0 Å². The van der Waals surface area contributed by atoms with Gasteiger partial charge in [-0.15, -0.1) is 0 Å². The maximum absolute atomic E-state index is 12.0. The van der Waals surface area contributed by atoms with Crippen LogP contribution in [0.3, 0.4) is 0 Å². The zero-order valence-electron chi connectivity index (χ0n) is 6.13. The summed E-state index contributed by atoms with van der Waals surface area (Å²) in [6, 6.07) is 0. The molecule has 0 aromatic heterocycles. The van der Waals surface area contributed by atoms with Gasteiger partial charge in [0.2, 0.25) is 0 Å². The van der Waals surface area contributed by atoms with E-state index >= 15 is 0 Å². The largest absolute Gasteiger partial charge is 0.406 e. The van der Waals surface area contributed by atoms with Crippen molar-refractivity contribution in [1.29, 1.82) is 0 Å². The third kappa shape index (κ3) is 1.62. The van der Waals surface area contributed by atoms with Crippen molar-refractivity contribution in [3.63, 3.8) is 0 Å². The summed E-state index contributed by atoms with van der Waals surface area (Å²) >= 11 is 0. The van der Waals surface area contributed by atoms with Crippen LogP contribution in [0, 0.1) is 0 Å². The quantitative estimate of drug-likeness (QED) is 0.649. The Hall–Kier alpha value is -0.250. The minimum atomic E-state index is -4.27. The molecule has 0 aromatic rings. The average Bonchev–Trinajstić information content (AvgIpc) is 1.84. The summed E-state index contributed by atoms with van der Waals surface area (Å²) in [6.07, 6.45) is -4.39. The third-order valence-corrected chi connectivity index (χ3v) is 1.83. The molecule has 0 fully saturated rings. The second kappa shape index (κ2) is 2.78. The van der Waals surface area contributed by atoms with Crippen LogP contribution in [0.4, 0.5) is 13.2 Å². The Morgan fingerprint density at radius 2 is 1.40 bits per heavy atom. The molecule has 10 heavy (non-hydrogen) atoms. The molecule has 0 rings (SSSR count). The first kappa shape index (κ1) is 9.75. The van der Waals surface area contributed by atoms with Crippen molar-refractivity contribution in [3.05, 3.63) is 0 Å². The van der Waals surface area contributed by atoms with Crippen LogP contribution in [0.1, 0.15) is 26.7 Å². The van der Waals surface area contributed by atoms with Gasteiger partial charge in [-0.05, 0) is 12.8 Å². The van der Waals surface area contributed by atoms with Gasteiger partial charge in [-0.1, -0.05) is 13.8 Å². The summed E-state index contributed by atoms with van der Waals surface area (Å²) in [5.41, 5.74) is 3.07. The monoisotopic (exact) mass is 155 g/mol. The molecule has 0 aliphatic heterocycles. The van der Waals surface area contributed by atoms with E-state index in [0.29, 0.717) is 0 Å². The number of rotatable bonds is 2. The minimum absolute atomic E-state index is 0.0625. The molecule has 2 N–H and O–H groups in total. The van der Waals surface area contributed by atoms with E-state index in [9.17, 15) is 13.2 Å². The van der Waals surface area contributed by atoms with Crippen molar-refractivity contribution in [3.8, 4) is 0 Å². The lowest BCUT2D eigenvalue weighted by atomic mass is 9.94. The number of nitrogens with two attached hydrogens (primary N) is 1. The standard InChI is InChI=1S/C6H12F3N/c1-3-5(10,4-2)6(7,8)9/h3-4,10H2,1-2H3. The fourth-order valence-electron chi connectivity index (χ4n) is 0.651. The van der Waals surface area contributed by atoms with E-state index in [4.69, 9.17) is 5.73 Å². The van der Waals surface area contributed by atoms with E-state index in [1.54, 1.807) is 0 Å². The van der Waals surface area contributed by atoms with Gasteiger partial charge in [0, 0.05) is 0 Å². The van der Waals surface area contributed by atoms with Crippen LogP contribution in [0.15, 0.2) is 0 Å². The third-order valence-electron chi connectivity index (χ3n) is 1.83. The Labute approximate surface area is 58.4 Å². The van der Waals surface area contributed by atoms with Crippen molar-refractivity contribution >= 4 is 0 Å². The Balaban J connectivity index is 4.33. The van der Waals surface area contributed by atoms with Crippen molar-refractivity contribution in [2.24, 2.45) is 5.73 Å². The van der Waals surface area contributed by atoms with E-state index in [-0.39, 0.29) is 12.8 Å². The first-order valence-corrected chi connectivity index (χ1v) is 3.23. The summed E-state index contributed by atoms with van der Waals surface area (Å²) in [4.78, 5) is 0. The highest BCUT2D eigenvalue weighted by atomic mass is 19.4. The summed E-state index contributed by atoms with van der Waals surface area (Å²) < 4.78 is 35.9. The highest BCUT2D eigenvalue weighted by Gasteiger charge is 2.48. The van der Waals surface area contributed by atoms with Crippen molar-refractivity contribution < 1.29 is 13.2 Å². The highest BCUT2D eigenvalue weighted by molar-refractivity contribution is 4.88. The molecule has 62 valence electrons. The Morgan fingerprint density at radius 1 is 1.10 bits per heavy atom. The SMILES string of the molecule is CCC(N)(CC)C(F)(F)F. The van der Waals surface area contributed by atoms with Gasteiger partial charge < -0.3 is 5.73 Å². The van der Waals surface area contributed by atoms with Crippen molar-refractivity contribution in [2.45, 2.75) is 38.4 Å². The van der Waals surface area contributed by atoms with E-state index in [0.717, 1.165) is 0 Å².